The summed E-state index contributed by atoms with van der Waals surface area (Å²) in [5, 5.41) is 13.8. The zero-order chi connectivity index (χ0) is 29.8. The van der Waals surface area contributed by atoms with Gasteiger partial charge in [-0.3, -0.25) is 9.59 Å². The number of thioether (sulfide) groups is 1. The summed E-state index contributed by atoms with van der Waals surface area (Å²) >= 11 is 31.8. The van der Waals surface area contributed by atoms with E-state index in [-0.39, 0.29) is 21.0 Å². The molecule has 2 amide bonds. The van der Waals surface area contributed by atoms with Crippen molar-refractivity contribution in [3.63, 3.8) is 0 Å². The Balaban J connectivity index is 1.63. The molecule has 0 aliphatic rings. The van der Waals surface area contributed by atoms with Crippen molar-refractivity contribution in [2.75, 3.05) is 10.6 Å². The molecule has 1 unspecified atom stereocenters. The summed E-state index contributed by atoms with van der Waals surface area (Å²) in [5.41, 5.74) is 1.50. The van der Waals surface area contributed by atoms with Crippen molar-refractivity contribution < 1.29 is 19.5 Å². The maximum Gasteiger partial charge on any atom is 0.338 e. The molecule has 0 radical (unpaired) electrons. The number of carboxylic acid groups (broad SMARTS) is 1. The molecule has 6 nitrogen and oxygen atoms in total. The Morgan fingerprint density at radius 3 is 2.07 bits per heavy atom. The van der Waals surface area contributed by atoms with Crippen molar-refractivity contribution in [1.82, 2.24) is 0 Å². The maximum absolute atomic E-state index is 13.5. The summed E-state index contributed by atoms with van der Waals surface area (Å²) in [6, 6.07) is 21.2. The van der Waals surface area contributed by atoms with Crippen LogP contribution in [-0.2, 0) is 4.79 Å². The number of carbonyl (C=O) groups excluding carboxylic acids is 2. The van der Waals surface area contributed by atoms with Gasteiger partial charge in [-0.05, 0) is 48.4 Å². The zero-order valence-corrected chi connectivity index (χ0v) is 25.6. The van der Waals surface area contributed by atoms with Gasteiger partial charge in [-0.25, -0.2) is 4.79 Å². The second kappa shape index (κ2) is 13.4. The van der Waals surface area contributed by atoms with Crippen LogP contribution in [0.2, 0.25) is 25.1 Å². The molecule has 41 heavy (non-hydrogen) atoms. The molecule has 0 fully saturated rings. The number of carbonyl (C=O) groups is 3. The van der Waals surface area contributed by atoms with E-state index in [1.54, 1.807) is 36.4 Å². The molecule has 0 aliphatic carbocycles. The minimum Gasteiger partial charge on any atom is -0.478 e. The second-order valence-corrected chi connectivity index (χ2v) is 11.8. The average molecular weight is 669 g/mol. The van der Waals surface area contributed by atoms with Crippen molar-refractivity contribution in [2.24, 2.45) is 0 Å². The number of benzene rings is 4. The standard InChI is InChI=1S/C29H19Cl5N2O4S/c1-14-10-11-16(30)12-19(14)36-28(38)26(15-6-3-2-4-7-15)41-18-9-5-8-17(13-18)35-27(37)20-21(29(39)40)23(32)25(34)24(33)22(20)31/h2-13,26H,1H3,(H,35,37)(H,36,38)(H,39,40). The number of rotatable bonds is 8. The quantitative estimate of drug-likeness (QED) is 0.0987. The van der Waals surface area contributed by atoms with E-state index >= 15 is 0 Å². The molecule has 210 valence electrons. The molecule has 0 aromatic heterocycles. The first-order chi connectivity index (χ1) is 19.5. The first-order valence-electron chi connectivity index (χ1n) is 11.8. The Morgan fingerprint density at radius 1 is 0.756 bits per heavy atom. The SMILES string of the molecule is Cc1ccc(Cl)cc1NC(=O)C(Sc1cccc(NC(=O)c2c(Cl)c(Cl)c(Cl)c(Cl)c2C(=O)O)c1)c1ccccc1. The highest BCUT2D eigenvalue weighted by Gasteiger charge is 2.29. The van der Waals surface area contributed by atoms with E-state index in [4.69, 9.17) is 58.0 Å². The fourth-order valence-electron chi connectivity index (χ4n) is 3.85. The predicted molar refractivity (Wildman–Crippen MR) is 168 cm³/mol. The van der Waals surface area contributed by atoms with Crippen molar-refractivity contribution in [3.8, 4) is 0 Å². The van der Waals surface area contributed by atoms with Crippen LogP contribution in [-0.4, -0.2) is 22.9 Å². The van der Waals surface area contributed by atoms with Crippen LogP contribution in [0.15, 0.2) is 77.7 Å². The van der Waals surface area contributed by atoms with Gasteiger partial charge in [-0.2, -0.15) is 0 Å². The fraction of sp³-hybridized carbons (Fsp3) is 0.0690. The highest BCUT2D eigenvalue weighted by atomic mass is 35.5. The molecule has 1 atom stereocenters. The van der Waals surface area contributed by atoms with Crippen LogP contribution in [0.3, 0.4) is 0 Å². The summed E-state index contributed by atoms with van der Waals surface area (Å²) in [4.78, 5) is 39.2. The lowest BCUT2D eigenvalue weighted by Crippen LogP contribution is -2.20. The summed E-state index contributed by atoms with van der Waals surface area (Å²) in [5.74, 6) is -2.63. The van der Waals surface area contributed by atoms with Gasteiger partial charge in [0, 0.05) is 21.3 Å². The third-order valence-corrected chi connectivity index (χ3v) is 9.14. The molecule has 0 saturated heterocycles. The topological polar surface area (TPSA) is 95.5 Å². The first-order valence-corrected chi connectivity index (χ1v) is 14.5. The largest absolute Gasteiger partial charge is 0.478 e. The average Bonchev–Trinajstić information content (AvgIpc) is 2.94. The van der Waals surface area contributed by atoms with Gasteiger partial charge in [0.1, 0.15) is 5.25 Å². The van der Waals surface area contributed by atoms with E-state index < -0.39 is 33.3 Å². The highest BCUT2D eigenvalue weighted by Crippen LogP contribution is 2.42. The summed E-state index contributed by atoms with van der Waals surface area (Å²) in [6.45, 7) is 1.87. The van der Waals surface area contributed by atoms with Crippen molar-refractivity contribution in [1.29, 1.82) is 0 Å². The fourth-order valence-corrected chi connectivity index (χ4v) is 6.13. The van der Waals surface area contributed by atoms with E-state index in [1.165, 1.54) is 11.8 Å². The van der Waals surface area contributed by atoms with Gasteiger partial charge in [0.25, 0.3) is 5.91 Å². The molecule has 0 heterocycles. The van der Waals surface area contributed by atoms with E-state index in [9.17, 15) is 19.5 Å². The lowest BCUT2D eigenvalue weighted by Gasteiger charge is -2.19. The summed E-state index contributed by atoms with van der Waals surface area (Å²) in [7, 11) is 0. The van der Waals surface area contributed by atoms with Crippen LogP contribution in [0, 0.1) is 6.92 Å². The van der Waals surface area contributed by atoms with Gasteiger partial charge in [0.05, 0.1) is 31.2 Å². The Bertz CT molecular complexity index is 1670. The minimum atomic E-state index is -1.50. The number of anilines is 2. The normalized spacial score (nSPS) is 11.6. The van der Waals surface area contributed by atoms with Crippen LogP contribution in [0.4, 0.5) is 11.4 Å². The zero-order valence-electron chi connectivity index (χ0n) is 21.0. The molecule has 0 aliphatic heterocycles. The van der Waals surface area contributed by atoms with Crippen LogP contribution in [0.1, 0.15) is 37.1 Å². The Kier molecular flexibility index (Phi) is 10.1. The number of nitrogens with one attached hydrogen (secondary N) is 2. The molecular formula is C29H19Cl5N2O4S. The third-order valence-electron chi connectivity index (χ3n) is 5.85. The van der Waals surface area contributed by atoms with Crippen LogP contribution in [0.25, 0.3) is 0 Å². The smallest absolute Gasteiger partial charge is 0.338 e. The molecule has 4 aromatic carbocycles. The number of aryl methyl sites for hydroxylation is 1. The Hall–Kier alpha value is -2.91. The minimum absolute atomic E-state index is 0.246. The van der Waals surface area contributed by atoms with Crippen LogP contribution >= 0.6 is 69.8 Å². The second-order valence-electron chi connectivity index (χ2n) is 8.65. The summed E-state index contributed by atoms with van der Waals surface area (Å²) in [6.07, 6.45) is 0. The number of hydrogen-bond donors (Lipinski definition) is 3. The van der Waals surface area contributed by atoms with E-state index in [2.05, 4.69) is 10.6 Å². The predicted octanol–water partition coefficient (Wildman–Crippen LogP) is 9.68. The van der Waals surface area contributed by atoms with E-state index in [0.717, 1.165) is 11.1 Å². The monoisotopic (exact) mass is 666 g/mol. The molecule has 4 rings (SSSR count). The molecule has 0 spiro atoms. The lowest BCUT2D eigenvalue weighted by molar-refractivity contribution is -0.115. The Labute approximate surface area is 264 Å². The summed E-state index contributed by atoms with van der Waals surface area (Å²) < 4.78 is 0. The molecule has 12 heteroatoms. The first kappa shape index (κ1) is 31.0. The van der Waals surface area contributed by atoms with Gasteiger partial charge in [0.2, 0.25) is 5.91 Å². The maximum atomic E-state index is 13.5. The van der Waals surface area contributed by atoms with Crippen molar-refractivity contribution >= 4 is 98.9 Å². The number of halogens is 5. The third kappa shape index (κ3) is 7.12. The molecule has 3 N–H and O–H groups in total. The van der Waals surface area contributed by atoms with Crippen LogP contribution < -0.4 is 10.6 Å². The lowest BCUT2D eigenvalue weighted by atomic mass is 10.1. The van der Waals surface area contributed by atoms with Gasteiger partial charge < -0.3 is 15.7 Å². The molecular weight excluding hydrogens is 650 g/mol. The highest BCUT2D eigenvalue weighted by molar-refractivity contribution is 8.00. The van der Waals surface area contributed by atoms with Gasteiger partial charge in [0.15, 0.2) is 0 Å². The number of hydrogen-bond acceptors (Lipinski definition) is 4. The van der Waals surface area contributed by atoms with Crippen molar-refractivity contribution in [3.05, 3.63) is 120 Å². The molecule has 4 aromatic rings. The number of aromatic carboxylic acids is 1. The van der Waals surface area contributed by atoms with Crippen LogP contribution in [0.5, 0.6) is 0 Å². The van der Waals surface area contributed by atoms with E-state index in [1.807, 2.05) is 43.3 Å². The van der Waals surface area contributed by atoms with E-state index in [0.29, 0.717) is 21.3 Å². The van der Waals surface area contributed by atoms with Gasteiger partial charge in [-0.15, -0.1) is 11.8 Å². The molecule has 0 bridgehead atoms. The van der Waals surface area contributed by atoms with Crippen molar-refractivity contribution in [2.45, 2.75) is 17.1 Å². The van der Waals surface area contributed by atoms with Gasteiger partial charge >= 0.3 is 5.97 Å². The van der Waals surface area contributed by atoms with Gasteiger partial charge in [-0.1, -0.05) is 100 Å². The molecule has 0 saturated carbocycles. The number of carboxylic acids is 1. The Morgan fingerprint density at radius 2 is 1.41 bits per heavy atom. The number of amides is 2.